The number of hydrogen-bond acceptors (Lipinski definition) is 6. The molecule has 220 valence electrons. The molecule has 1 aliphatic rings. The summed E-state index contributed by atoms with van der Waals surface area (Å²) in [6.07, 6.45) is 1.80. The van der Waals surface area contributed by atoms with Crippen molar-refractivity contribution in [2.75, 3.05) is 27.3 Å². The average molecular weight is 572 g/mol. The second-order valence-corrected chi connectivity index (χ2v) is 10.7. The highest BCUT2D eigenvalue weighted by Gasteiger charge is 2.23. The van der Waals surface area contributed by atoms with E-state index in [-0.39, 0.29) is 17.8 Å². The smallest absolute Gasteiger partial charge is 0.287 e. The summed E-state index contributed by atoms with van der Waals surface area (Å²) in [5.74, 6) is 1.79. The Bertz CT molecular complexity index is 1450. The first kappa shape index (κ1) is 29.4. The lowest BCUT2D eigenvalue weighted by Crippen LogP contribution is -2.44. The van der Waals surface area contributed by atoms with Crippen LogP contribution in [0, 0.1) is 5.82 Å². The van der Waals surface area contributed by atoms with E-state index < -0.39 is 0 Å². The van der Waals surface area contributed by atoms with E-state index >= 15 is 0 Å². The van der Waals surface area contributed by atoms with Gasteiger partial charge in [-0.2, -0.15) is 0 Å². The summed E-state index contributed by atoms with van der Waals surface area (Å²) >= 11 is 0. The van der Waals surface area contributed by atoms with E-state index in [9.17, 15) is 9.18 Å². The number of hydrogen-bond donors (Lipinski definition) is 1. The number of amides is 1. The van der Waals surface area contributed by atoms with E-state index in [0.717, 1.165) is 43.6 Å². The van der Waals surface area contributed by atoms with Crippen molar-refractivity contribution >= 4 is 5.91 Å². The monoisotopic (exact) mass is 571 g/mol. The molecule has 0 spiro atoms. The maximum Gasteiger partial charge on any atom is 0.287 e. The number of nitrogens with zero attached hydrogens (tertiary/aromatic N) is 2. The number of furan rings is 1. The number of likely N-dealkylation sites (tertiary alicyclic amines) is 1. The molecule has 0 radical (unpaired) electrons. The fourth-order valence-corrected chi connectivity index (χ4v) is 5.44. The molecule has 0 aliphatic carbocycles. The Labute approximate surface area is 246 Å². The number of rotatable bonds is 12. The zero-order valence-corrected chi connectivity index (χ0v) is 24.2. The van der Waals surface area contributed by atoms with Gasteiger partial charge in [0.05, 0.1) is 20.8 Å². The molecule has 1 amide bonds. The van der Waals surface area contributed by atoms with Crippen LogP contribution >= 0.6 is 0 Å². The van der Waals surface area contributed by atoms with E-state index in [4.69, 9.17) is 13.9 Å². The zero-order chi connectivity index (χ0) is 29.3. The van der Waals surface area contributed by atoms with Gasteiger partial charge >= 0.3 is 0 Å². The topological polar surface area (TPSA) is 67.2 Å². The normalized spacial score (nSPS) is 14.2. The lowest BCUT2D eigenvalue weighted by molar-refractivity contribution is 0.0876. The maximum absolute atomic E-state index is 13.9. The summed E-state index contributed by atoms with van der Waals surface area (Å²) < 4.78 is 30.8. The highest BCUT2D eigenvalue weighted by atomic mass is 19.1. The lowest BCUT2D eigenvalue weighted by Gasteiger charge is -2.32. The summed E-state index contributed by atoms with van der Waals surface area (Å²) in [5.41, 5.74) is 3.16. The Kier molecular flexibility index (Phi) is 9.90. The highest BCUT2D eigenvalue weighted by Crippen LogP contribution is 2.29. The van der Waals surface area contributed by atoms with Gasteiger partial charge < -0.3 is 19.2 Å². The van der Waals surface area contributed by atoms with E-state index in [1.165, 1.54) is 17.7 Å². The Hall–Kier alpha value is -4.14. The van der Waals surface area contributed by atoms with Crippen molar-refractivity contribution in [2.24, 2.45) is 0 Å². The van der Waals surface area contributed by atoms with Gasteiger partial charge in [0, 0.05) is 38.8 Å². The van der Waals surface area contributed by atoms with Crippen LogP contribution in [0.1, 0.15) is 45.8 Å². The Morgan fingerprint density at radius 3 is 2.29 bits per heavy atom. The number of benzene rings is 3. The highest BCUT2D eigenvalue weighted by molar-refractivity contribution is 5.91. The van der Waals surface area contributed by atoms with Crippen molar-refractivity contribution in [3.8, 4) is 11.5 Å². The molecule has 1 aromatic heterocycles. The molecular weight excluding hydrogens is 533 g/mol. The van der Waals surface area contributed by atoms with Crippen LogP contribution in [0.25, 0.3) is 0 Å². The van der Waals surface area contributed by atoms with Gasteiger partial charge in [-0.15, -0.1) is 0 Å². The number of nitrogens with one attached hydrogen (secondary N) is 1. The quantitative estimate of drug-likeness (QED) is 0.224. The molecule has 1 fully saturated rings. The number of methoxy groups -OCH3 is 2. The molecule has 2 heterocycles. The van der Waals surface area contributed by atoms with Crippen LogP contribution in [-0.2, 0) is 26.2 Å². The molecule has 0 atom stereocenters. The van der Waals surface area contributed by atoms with Gasteiger partial charge in [0.2, 0.25) is 0 Å². The van der Waals surface area contributed by atoms with Crippen LogP contribution in [0.5, 0.6) is 11.5 Å². The van der Waals surface area contributed by atoms with Crippen molar-refractivity contribution in [1.82, 2.24) is 15.1 Å². The van der Waals surface area contributed by atoms with Gasteiger partial charge in [-0.05, 0) is 65.9 Å². The third kappa shape index (κ3) is 7.99. The minimum absolute atomic E-state index is 0.118. The van der Waals surface area contributed by atoms with Gasteiger partial charge in [0.1, 0.15) is 11.6 Å². The van der Waals surface area contributed by atoms with Gasteiger partial charge in [0.15, 0.2) is 17.3 Å². The first-order valence-corrected chi connectivity index (χ1v) is 14.3. The zero-order valence-electron chi connectivity index (χ0n) is 24.2. The fourth-order valence-electron chi connectivity index (χ4n) is 5.44. The van der Waals surface area contributed by atoms with E-state index in [1.54, 1.807) is 26.4 Å². The molecule has 0 bridgehead atoms. The number of ether oxygens (including phenoxy) is 2. The van der Waals surface area contributed by atoms with E-state index in [1.807, 2.05) is 36.4 Å². The Morgan fingerprint density at radius 2 is 1.57 bits per heavy atom. The SMILES string of the molecule is COc1ccc(CN(Cc2cccc(F)c2)Cc2ccc(C(=O)NC3CCN(Cc4ccccc4)CC3)o2)cc1OC. The van der Waals surface area contributed by atoms with Crippen LogP contribution in [0.3, 0.4) is 0 Å². The molecule has 8 heteroatoms. The van der Waals surface area contributed by atoms with Gasteiger partial charge in [-0.25, -0.2) is 4.39 Å². The van der Waals surface area contributed by atoms with Crippen molar-refractivity contribution in [2.45, 2.75) is 45.1 Å². The predicted molar refractivity (Wildman–Crippen MR) is 160 cm³/mol. The standard InChI is InChI=1S/C34H38FN3O4/c1-40-31-13-11-27(20-33(31)41-2)23-38(22-26-9-6-10-28(35)19-26)24-30-12-14-32(42-30)34(39)36-29-15-17-37(18-16-29)21-25-7-4-3-5-8-25/h3-14,19-20,29H,15-18,21-24H2,1-2H3,(H,36,39). The third-order valence-electron chi connectivity index (χ3n) is 7.59. The summed E-state index contributed by atoms with van der Waals surface area (Å²) in [6.45, 7) is 4.30. The molecule has 5 rings (SSSR count). The molecule has 0 unspecified atom stereocenters. The average Bonchev–Trinajstić information content (AvgIpc) is 3.47. The summed E-state index contributed by atoms with van der Waals surface area (Å²) in [6, 6.07) is 26.5. The summed E-state index contributed by atoms with van der Waals surface area (Å²) in [4.78, 5) is 17.6. The second-order valence-electron chi connectivity index (χ2n) is 10.7. The fraction of sp³-hybridized carbons (Fsp3) is 0.324. The minimum atomic E-state index is -0.276. The molecule has 1 N–H and O–H groups in total. The number of carbonyl (C=O) groups is 1. The number of halogens is 1. The first-order chi connectivity index (χ1) is 20.5. The molecule has 7 nitrogen and oxygen atoms in total. The summed E-state index contributed by atoms with van der Waals surface area (Å²) in [5, 5.41) is 3.16. The van der Waals surface area contributed by atoms with Gasteiger partial charge in [0.25, 0.3) is 5.91 Å². The third-order valence-corrected chi connectivity index (χ3v) is 7.59. The van der Waals surface area contributed by atoms with Crippen LogP contribution in [0.4, 0.5) is 4.39 Å². The minimum Gasteiger partial charge on any atom is -0.493 e. The molecular formula is C34H38FN3O4. The molecule has 1 aliphatic heterocycles. The molecule has 3 aromatic carbocycles. The lowest BCUT2D eigenvalue weighted by atomic mass is 10.0. The van der Waals surface area contributed by atoms with Crippen molar-refractivity contribution in [3.63, 3.8) is 0 Å². The van der Waals surface area contributed by atoms with Gasteiger partial charge in [-0.3, -0.25) is 14.6 Å². The van der Waals surface area contributed by atoms with Gasteiger partial charge in [-0.1, -0.05) is 48.5 Å². The van der Waals surface area contributed by atoms with Crippen LogP contribution in [0.2, 0.25) is 0 Å². The molecule has 4 aromatic rings. The van der Waals surface area contributed by atoms with Crippen molar-refractivity contribution in [3.05, 3.63) is 119 Å². The first-order valence-electron chi connectivity index (χ1n) is 14.3. The Balaban J connectivity index is 1.20. The maximum atomic E-state index is 13.9. The molecule has 1 saturated heterocycles. The van der Waals surface area contributed by atoms with Crippen LogP contribution in [-0.4, -0.2) is 49.1 Å². The second kappa shape index (κ2) is 14.2. The number of carbonyl (C=O) groups excluding carboxylic acids is 1. The molecule has 0 saturated carbocycles. The molecule has 42 heavy (non-hydrogen) atoms. The largest absolute Gasteiger partial charge is 0.493 e. The Morgan fingerprint density at radius 1 is 0.857 bits per heavy atom. The van der Waals surface area contributed by atoms with Crippen molar-refractivity contribution in [1.29, 1.82) is 0 Å². The van der Waals surface area contributed by atoms with Crippen LogP contribution in [0.15, 0.2) is 89.3 Å². The van der Waals surface area contributed by atoms with Crippen molar-refractivity contribution < 1.29 is 23.1 Å². The van der Waals surface area contributed by atoms with E-state index in [2.05, 4.69) is 39.4 Å². The van der Waals surface area contributed by atoms with E-state index in [0.29, 0.717) is 42.7 Å². The summed E-state index contributed by atoms with van der Waals surface area (Å²) in [7, 11) is 3.21. The van der Waals surface area contributed by atoms with Crippen LogP contribution < -0.4 is 14.8 Å². The number of piperidine rings is 1. The predicted octanol–water partition coefficient (Wildman–Crippen LogP) is 6.03.